The van der Waals surface area contributed by atoms with Crippen LogP contribution in [0, 0.1) is 22.7 Å². The second-order valence-electron chi connectivity index (χ2n) is 8.15. The van der Waals surface area contributed by atoms with E-state index in [0.29, 0.717) is 6.42 Å². The van der Waals surface area contributed by atoms with Crippen molar-refractivity contribution in [3.63, 3.8) is 0 Å². The fourth-order valence-electron chi connectivity index (χ4n) is 4.85. The van der Waals surface area contributed by atoms with E-state index in [2.05, 4.69) is 0 Å². The molecule has 0 spiro atoms. The molecule has 0 aromatic carbocycles. The Labute approximate surface area is 132 Å². The number of esters is 1. The van der Waals surface area contributed by atoms with E-state index in [1.54, 1.807) is 6.92 Å². The van der Waals surface area contributed by atoms with E-state index >= 15 is 0 Å². The summed E-state index contributed by atoms with van der Waals surface area (Å²) >= 11 is 0. The van der Waals surface area contributed by atoms with Crippen LogP contribution >= 0.6 is 0 Å². The molecule has 0 heterocycles. The van der Waals surface area contributed by atoms with Crippen LogP contribution in [0.5, 0.6) is 0 Å². The minimum absolute atomic E-state index is 0.00381. The van der Waals surface area contributed by atoms with Crippen molar-refractivity contribution < 1.29 is 19.1 Å². The summed E-state index contributed by atoms with van der Waals surface area (Å²) in [6.45, 7) is 5.48. The van der Waals surface area contributed by atoms with Gasteiger partial charge >= 0.3 is 5.97 Å². The van der Waals surface area contributed by atoms with E-state index in [9.17, 15) is 14.4 Å². The maximum absolute atomic E-state index is 12.8. The lowest BCUT2D eigenvalue weighted by atomic mass is 9.46. The van der Waals surface area contributed by atoms with E-state index in [-0.39, 0.29) is 36.0 Å². The summed E-state index contributed by atoms with van der Waals surface area (Å²) in [4.78, 5) is 37.7. The van der Waals surface area contributed by atoms with Crippen LogP contribution in [-0.4, -0.2) is 23.6 Å². The molecule has 0 aromatic rings. The van der Waals surface area contributed by atoms with E-state index in [1.807, 2.05) is 13.8 Å². The number of carbonyl (C=O) groups excluding carboxylic acids is 3. The smallest absolute Gasteiger partial charge is 0.310 e. The highest BCUT2D eigenvalue weighted by Gasteiger charge is 2.64. The lowest BCUT2D eigenvalue weighted by Gasteiger charge is -2.54. The molecule has 22 heavy (non-hydrogen) atoms. The Kier molecular flexibility index (Phi) is 3.69. The molecule has 0 radical (unpaired) electrons. The minimum Gasteiger partial charge on any atom is -0.462 e. The normalized spacial score (nSPS) is 38.1. The Morgan fingerprint density at radius 1 is 1.09 bits per heavy atom. The molecule has 2 bridgehead atoms. The van der Waals surface area contributed by atoms with Gasteiger partial charge < -0.3 is 4.74 Å². The summed E-state index contributed by atoms with van der Waals surface area (Å²) in [5, 5.41) is 0. The summed E-state index contributed by atoms with van der Waals surface area (Å²) in [6, 6.07) is 0. The van der Waals surface area contributed by atoms with Crippen LogP contribution in [0.15, 0.2) is 0 Å². The highest BCUT2D eigenvalue weighted by Crippen LogP contribution is 2.57. The van der Waals surface area contributed by atoms with Crippen LogP contribution < -0.4 is 0 Å². The van der Waals surface area contributed by atoms with E-state index in [0.717, 1.165) is 25.7 Å². The van der Waals surface area contributed by atoms with Crippen molar-refractivity contribution in [2.75, 3.05) is 0 Å². The molecule has 4 saturated carbocycles. The fourth-order valence-corrected chi connectivity index (χ4v) is 4.85. The molecule has 3 atom stereocenters. The fraction of sp³-hybridized carbons (Fsp3) is 0.833. The molecule has 0 amide bonds. The molecule has 4 fully saturated rings. The van der Waals surface area contributed by atoms with Crippen LogP contribution in [0.3, 0.4) is 0 Å². The third-order valence-electron chi connectivity index (χ3n) is 6.27. The number of ketones is 2. The van der Waals surface area contributed by atoms with Gasteiger partial charge in [0.15, 0.2) is 0 Å². The standard InChI is InChI=1S/C18H26O4/c1-17(2)12-9-13(18(3,16(17)21)10-14(12)19)15(20)22-11-7-5-4-6-8-11/h11-13H,4-10H2,1-3H3/t12-,13-,18-/m0/s1. The molecule has 4 aliphatic rings. The number of fused-ring (bicyclic) bond motifs is 3. The summed E-state index contributed by atoms with van der Waals surface area (Å²) in [5.41, 5.74) is -1.52. The van der Waals surface area contributed by atoms with Crippen molar-refractivity contribution in [3.05, 3.63) is 0 Å². The van der Waals surface area contributed by atoms with Gasteiger partial charge in [-0.25, -0.2) is 0 Å². The first-order valence-electron chi connectivity index (χ1n) is 8.55. The van der Waals surface area contributed by atoms with Crippen LogP contribution in [0.4, 0.5) is 0 Å². The van der Waals surface area contributed by atoms with Crippen molar-refractivity contribution in [1.82, 2.24) is 0 Å². The van der Waals surface area contributed by atoms with Gasteiger partial charge in [0.25, 0.3) is 0 Å². The molecule has 4 nitrogen and oxygen atoms in total. The average molecular weight is 306 g/mol. The first kappa shape index (κ1) is 15.7. The zero-order chi connectivity index (χ0) is 16.1. The van der Waals surface area contributed by atoms with Crippen molar-refractivity contribution in [2.45, 2.75) is 71.8 Å². The average Bonchev–Trinajstić information content (AvgIpc) is 2.45. The third kappa shape index (κ3) is 2.22. The Morgan fingerprint density at radius 3 is 2.36 bits per heavy atom. The summed E-state index contributed by atoms with van der Waals surface area (Å²) in [7, 11) is 0. The highest BCUT2D eigenvalue weighted by atomic mass is 16.5. The van der Waals surface area contributed by atoms with Crippen LogP contribution in [0.1, 0.15) is 65.7 Å². The predicted octanol–water partition coefficient (Wildman–Crippen LogP) is 3.07. The summed E-state index contributed by atoms with van der Waals surface area (Å²) in [5.74, 6) is -0.839. The number of hydrogen-bond donors (Lipinski definition) is 0. The molecule has 122 valence electrons. The lowest BCUT2D eigenvalue weighted by Crippen LogP contribution is -2.62. The van der Waals surface area contributed by atoms with Crippen molar-refractivity contribution in [1.29, 1.82) is 0 Å². The van der Waals surface area contributed by atoms with Gasteiger partial charge in [-0.2, -0.15) is 0 Å². The van der Waals surface area contributed by atoms with Gasteiger partial charge in [0.05, 0.1) is 5.92 Å². The zero-order valence-electron chi connectivity index (χ0n) is 13.8. The number of ether oxygens (including phenoxy) is 1. The van der Waals surface area contributed by atoms with Gasteiger partial charge in [-0.3, -0.25) is 14.4 Å². The monoisotopic (exact) mass is 306 g/mol. The largest absolute Gasteiger partial charge is 0.462 e. The number of carbonyl (C=O) groups is 3. The predicted molar refractivity (Wildman–Crippen MR) is 81.1 cm³/mol. The summed E-state index contributed by atoms with van der Waals surface area (Å²) in [6.07, 6.45) is 5.94. The number of Topliss-reactive ketones (excluding diaryl/α,β-unsaturated/α-hetero) is 2. The molecule has 0 unspecified atom stereocenters. The first-order chi connectivity index (χ1) is 10.3. The SMILES string of the molecule is CC1(C)C(=O)[C@@]2(C)CC(=O)[C@@H]1C[C@H]2C(=O)OC1CCCCC1. The molecule has 0 saturated heterocycles. The molecule has 0 N–H and O–H groups in total. The minimum atomic E-state index is -0.874. The molecule has 4 aliphatic carbocycles. The number of hydrogen-bond acceptors (Lipinski definition) is 4. The van der Waals surface area contributed by atoms with E-state index in [4.69, 9.17) is 4.74 Å². The molecule has 4 rings (SSSR count). The first-order valence-corrected chi connectivity index (χ1v) is 8.55. The van der Waals surface area contributed by atoms with Crippen molar-refractivity contribution >= 4 is 17.5 Å². The number of rotatable bonds is 2. The second-order valence-corrected chi connectivity index (χ2v) is 8.15. The Bertz CT molecular complexity index is 515. The van der Waals surface area contributed by atoms with Gasteiger partial charge in [0.2, 0.25) is 0 Å². The lowest BCUT2D eigenvalue weighted by molar-refractivity contribution is -0.182. The van der Waals surface area contributed by atoms with Gasteiger partial charge in [-0.05, 0) is 32.1 Å². The van der Waals surface area contributed by atoms with Gasteiger partial charge in [-0.15, -0.1) is 0 Å². The molecule has 0 aromatic heterocycles. The maximum Gasteiger partial charge on any atom is 0.310 e. The van der Waals surface area contributed by atoms with Gasteiger partial charge in [-0.1, -0.05) is 27.2 Å². The van der Waals surface area contributed by atoms with Crippen LogP contribution in [-0.2, 0) is 19.1 Å². The van der Waals surface area contributed by atoms with Gasteiger partial charge in [0.1, 0.15) is 17.7 Å². The van der Waals surface area contributed by atoms with Crippen molar-refractivity contribution in [3.8, 4) is 0 Å². The molecular weight excluding hydrogens is 280 g/mol. The van der Waals surface area contributed by atoms with E-state index in [1.165, 1.54) is 6.42 Å². The Hall–Kier alpha value is -1.19. The topological polar surface area (TPSA) is 60.4 Å². The van der Waals surface area contributed by atoms with Crippen LogP contribution in [0.25, 0.3) is 0 Å². The molecule has 0 aliphatic heterocycles. The second kappa shape index (κ2) is 5.17. The Morgan fingerprint density at radius 2 is 1.73 bits per heavy atom. The summed E-state index contributed by atoms with van der Waals surface area (Å²) < 4.78 is 5.70. The van der Waals surface area contributed by atoms with Gasteiger partial charge in [0, 0.05) is 23.2 Å². The molecule has 4 heteroatoms. The van der Waals surface area contributed by atoms with Crippen LogP contribution in [0.2, 0.25) is 0 Å². The third-order valence-corrected chi connectivity index (χ3v) is 6.27. The highest BCUT2D eigenvalue weighted by molar-refractivity contribution is 6.06. The Balaban J connectivity index is 1.79. The van der Waals surface area contributed by atoms with Crippen molar-refractivity contribution in [2.24, 2.45) is 22.7 Å². The van der Waals surface area contributed by atoms with E-state index < -0.39 is 16.7 Å². The molecular formula is C18H26O4. The quantitative estimate of drug-likeness (QED) is 0.736. The zero-order valence-corrected chi connectivity index (χ0v) is 13.8. The maximum atomic E-state index is 12.8.